The highest BCUT2D eigenvalue weighted by Crippen LogP contribution is 2.24. The van der Waals surface area contributed by atoms with Crippen molar-refractivity contribution in [1.29, 1.82) is 0 Å². The molecule has 0 aliphatic heterocycles. The third-order valence-electron chi connectivity index (χ3n) is 3.09. The van der Waals surface area contributed by atoms with Gasteiger partial charge in [-0.3, -0.25) is 0 Å². The van der Waals surface area contributed by atoms with Gasteiger partial charge < -0.3 is 14.8 Å². The van der Waals surface area contributed by atoms with Gasteiger partial charge in [0.25, 0.3) is 0 Å². The van der Waals surface area contributed by atoms with Gasteiger partial charge >= 0.3 is 0 Å². The fourth-order valence-corrected chi connectivity index (χ4v) is 1.98. The molecule has 3 nitrogen and oxygen atoms in total. The van der Waals surface area contributed by atoms with Crippen LogP contribution in [0.25, 0.3) is 0 Å². The van der Waals surface area contributed by atoms with Crippen LogP contribution in [-0.2, 0) is 11.3 Å². The molecule has 118 valence electrons. The number of benzene rings is 2. The van der Waals surface area contributed by atoms with E-state index in [0.717, 1.165) is 29.4 Å². The zero-order chi connectivity index (χ0) is 16.0. The Morgan fingerprint density at radius 3 is 2.32 bits per heavy atom. The molecule has 0 amide bonds. The van der Waals surface area contributed by atoms with Gasteiger partial charge in [-0.25, -0.2) is 0 Å². The lowest BCUT2D eigenvalue weighted by molar-refractivity contribution is 0.0599. The fourth-order valence-electron chi connectivity index (χ4n) is 1.98. The summed E-state index contributed by atoms with van der Waals surface area (Å²) in [6.45, 7) is 7.89. The van der Waals surface area contributed by atoms with Crippen LogP contribution in [0.4, 0.5) is 5.69 Å². The first-order valence-corrected chi connectivity index (χ1v) is 7.59. The topological polar surface area (TPSA) is 30.5 Å². The van der Waals surface area contributed by atoms with Crippen LogP contribution in [0.15, 0.2) is 48.5 Å². The monoisotopic (exact) mass is 299 g/mol. The summed E-state index contributed by atoms with van der Waals surface area (Å²) in [6, 6.07) is 15.9. The van der Waals surface area contributed by atoms with Crippen LogP contribution in [0.1, 0.15) is 26.3 Å². The summed E-state index contributed by atoms with van der Waals surface area (Å²) in [5, 5.41) is 3.10. The molecule has 2 aromatic rings. The molecule has 2 rings (SSSR count). The van der Waals surface area contributed by atoms with Crippen molar-refractivity contribution >= 4 is 5.69 Å². The highest BCUT2D eigenvalue weighted by molar-refractivity contribution is 5.48. The summed E-state index contributed by atoms with van der Waals surface area (Å²) in [4.78, 5) is 0. The van der Waals surface area contributed by atoms with Crippen molar-refractivity contribution in [3.8, 4) is 11.5 Å². The van der Waals surface area contributed by atoms with Crippen molar-refractivity contribution < 1.29 is 9.47 Å². The van der Waals surface area contributed by atoms with Gasteiger partial charge in [0.05, 0.1) is 13.2 Å². The lowest BCUT2D eigenvalue weighted by atomic mass is 9.99. The van der Waals surface area contributed by atoms with Gasteiger partial charge in [-0.15, -0.1) is 0 Å². The average molecular weight is 299 g/mol. The molecule has 0 bridgehead atoms. The quantitative estimate of drug-likeness (QED) is 0.806. The first-order valence-electron chi connectivity index (χ1n) is 7.59. The highest BCUT2D eigenvalue weighted by Gasteiger charge is 2.09. The van der Waals surface area contributed by atoms with Crippen molar-refractivity contribution in [1.82, 2.24) is 0 Å². The van der Waals surface area contributed by atoms with Gasteiger partial charge in [-0.05, 0) is 35.2 Å². The molecule has 0 heterocycles. The van der Waals surface area contributed by atoms with E-state index >= 15 is 0 Å². The lowest BCUT2D eigenvalue weighted by Gasteiger charge is -2.18. The van der Waals surface area contributed by atoms with Crippen molar-refractivity contribution in [3.63, 3.8) is 0 Å². The van der Waals surface area contributed by atoms with Crippen LogP contribution in [0.3, 0.4) is 0 Å². The van der Waals surface area contributed by atoms with Gasteiger partial charge in [0.15, 0.2) is 0 Å². The molecule has 1 N–H and O–H groups in total. The molecule has 0 unspecified atom stereocenters. The van der Waals surface area contributed by atoms with Crippen LogP contribution in [0.5, 0.6) is 11.5 Å². The van der Waals surface area contributed by atoms with Crippen LogP contribution < -0.4 is 10.1 Å². The summed E-state index contributed by atoms with van der Waals surface area (Å²) in [7, 11) is 1.89. The van der Waals surface area contributed by atoms with E-state index in [0.29, 0.717) is 6.61 Å². The van der Waals surface area contributed by atoms with Crippen LogP contribution in [0.2, 0.25) is 0 Å². The van der Waals surface area contributed by atoms with Crippen LogP contribution in [-0.4, -0.2) is 13.7 Å². The molecular weight excluding hydrogens is 274 g/mol. The molecule has 22 heavy (non-hydrogen) atoms. The molecule has 0 radical (unpaired) electrons. The maximum Gasteiger partial charge on any atom is 0.129 e. The Balaban J connectivity index is 1.91. The second-order valence-electron chi connectivity index (χ2n) is 6.58. The van der Waals surface area contributed by atoms with E-state index in [1.165, 1.54) is 0 Å². The third-order valence-corrected chi connectivity index (χ3v) is 3.09. The smallest absolute Gasteiger partial charge is 0.129 e. The third kappa shape index (κ3) is 5.41. The Labute approximate surface area is 133 Å². The van der Waals surface area contributed by atoms with Gasteiger partial charge in [-0.2, -0.15) is 0 Å². The molecule has 0 saturated carbocycles. The van der Waals surface area contributed by atoms with E-state index in [1.807, 2.05) is 55.6 Å². The minimum Gasteiger partial charge on any atom is -0.457 e. The van der Waals surface area contributed by atoms with Crippen LogP contribution >= 0.6 is 0 Å². The maximum atomic E-state index is 5.85. The Kier molecular flexibility index (Phi) is 5.45. The average Bonchev–Trinajstić information content (AvgIpc) is 2.48. The minimum absolute atomic E-state index is 0.196. The van der Waals surface area contributed by atoms with E-state index in [2.05, 4.69) is 26.1 Å². The second-order valence-corrected chi connectivity index (χ2v) is 6.58. The van der Waals surface area contributed by atoms with E-state index < -0.39 is 0 Å². The molecule has 3 heteroatoms. The summed E-state index contributed by atoms with van der Waals surface area (Å²) < 4.78 is 11.6. The first-order chi connectivity index (χ1) is 10.5. The molecular formula is C19H25NO2. The standard InChI is InChI=1S/C19H25NO2/c1-19(2,3)14-21-13-15-8-10-17(11-9-15)22-18-7-5-6-16(12-18)20-4/h5-12,20H,13-14H2,1-4H3. The molecule has 0 aromatic heterocycles. The summed E-state index contributed by atoms with van der Waals surface area (Å²) >= 11 is 0. The number of hydrogen-bond acceptors (Lipinski definition) is 3. The fraction of sp³-hybridized carbons (Fsp3) is 0.368. The van der Waals surface area contributed by atoms with Gasteiger partial charge in [0, 0.05) is 18.8 Å². The Morgan fingerprint density at radius 1 is 0.955 bits per heavy atom. The number of hydrogen-bond donors (Lipinski definition) is 1. The molecule has 0 aliphatic carbocycles. The number of anilines is 1. The molecule has 0 saturated heterocycles. The predicted octanol–water partition coefficient (Wildman–Crippen LogP) is 5.08. The first kappa shape index (κ1) is 16.4. The molecule has 0 spiro atoms. The molecule has 0 fully saturated rings. The lowest BCUT2D eigenvalue weighted by Crippen LogP contribution is -2.14. The zero-order valence-electron chi connectivity index (χ0n) is 13.8. The minimum atomic E-state index is 0.196. The normalized spacial score (nSPS) is 11.3. The van der Waals surface area contributed by atoms with Crippen LogP contribution in [0, 0.1) is 5.41 Å². The summed E-state index contributed by atoms with van der Waals surface area (Å²) in [5.74, 6) is 1.65. The van der Waals surface area contributed by atoms with Gasteiger partial charge in [-0.1, -0.05) is 39.0 Å². The number of rotatable bonds is 6. The largest absolute Gasteiger partial charge is 0.457 e. The van der Waals surface area contributed by atoms with Crippen molar-refractivity contribution in [2.75, 3.05) is 19.0 Å². The summed E-state index contributed by atoms with van der Waals surface area (Å²) in [5.41, 5.74) is 2.38. The highest BCUT2D eigenvalue weighted by atomic mass is 16.5. The Hall–Kier alpha value is -2.00. The second kappa shape index (κ2) is 7.32. The molecule has 0 atom stereocenters. The predicted molar refractivity (Wildman–Crippen MR) is 91.6 cm³/mol. The van der Waals surface area contributed by atoms with Gasteiger partial charge in [0.1, 0.15) is 11.5 Å². The van der Waals surface area contributed by atoms with E-state index in [1.54, 1.807) is 0 Å². The van der Waals surface area contributed by atoms with E-state index in [4.69, 9.17) is 9.47 Å². The molecule has 2 aromatic carbocycles. The Bertz CT molecular complexity index is 585. The van der Waals surface area contributed by atoms with Crippen molar-refractivity contribution in [2.45, 2.75) is 27.4 Å². The zero-order valence-corrected chi connectivity index (χ0v) is 13.8. The van der Waals surface area contributed by atoms with E-state index in [-0.39, 0.29) is 5.41 Å². The Morgan fingerprint density at radius 2 is 1.68 bits per heavy atom. The number of ether oxygens (including phenoxy) is 2. The van der Waals surface area contributed by atoms with Crippen molar-refractivity contribution in [2.24, 2.45) is 5.41 Å². The van der Waals surface area contributed by atoms with Gasteiger partial charge in [0.2, 0.25) is 0 Å². The molecule has 0 aliphatic rings. The van der Waals surface area contributed by atoms with Crippen molar-refractivity contribution in [3.05, 3.63) is 54.1 Å². The van der Waals surface area contributed by atoms with E-state index in [9.17, 15) is 0 Å². The SMILES string of the molecule is CNc1cccc(Oc2ccc(COCC(C)(C)C)cc2)c1. The number of nitrogens with one attached hydrogen (secondary N) is 1. The summed E-state index contributed by atoms with van der Waals surface area (Å²) in [6.07, 6.45) is 0. The maximum absolute atomic E-state index is 5.85.